The number of imidazole rings is 1. The van der Waals surface area contributed by atoms with Crippen molar-refractivity contribution in [1.29, 1.82) is 0 Å². The molecule has 2 unspecified atom stereocenters. The summed E-state index contributed by atoms with van der Waals surface area (Å²) in [5, 5.41) is 20.4. The summed E-state index contributed by atoms with van der Waals surface area (Å²) in [5.41, 5.74) is 1.61. The fraction of sp³-hybridized carbons (Fsp3) is 0.308. The van der Waals surface area contributed by atoms with E-state index in [9.17, 15) is 10.2 Å². The first-order chi connectivity index (χ1) is 9.13. The smallest absolute Gasteiger partial charge is 0.181 e. The van der Waals surface area contributed by atoms with Gasteiger partial charge in [-0.1, -0.05) is 28.1 Å². The van der Waals surface area contributed by atoms with Crippen LogP contribution >= 0.6 is 28.1 Å². The Hall–Kier alpha value is -0.950. The Morgan fingerprint density at radius 1 is 1.26 bits per heavy atom. The summed E-state index contributed by atoms with van der Waals surface area (Å²) in [6.45, 7) is 0. The predicted molar refractivity (Wildman–Crippen MR) is 80.3 cm³/mol. The molecule has 1 aromatic heterocycles. The highest BCUT2D eigenvalue weighted by molar-refractivity contribution is 9.09. The number of aromatic nitrogens is 2. The van der Waals surface area contributed by atoms with Crippen LogP contribution in [0.15, 0.2) is 36.7 Å². The molecular formula is C13H15BrN2O2S. The van der Waals surface area contributed by atoms with Crippen molar-refractivity contribution in [2.75, 3.05) is 5.33 Å². The lowest BCUT2D eigenvalue weighted by Crippen LogP contribution is -2.18. The molecule has 0 radical (unpaired) electrons. The van der Waals surface area contributed by atoms with Gasteiger partial charge in [0, 0.05) is 23.4 Å². The summed E-state index contributed by atoms with van der Waals surface area (Å²) >= 11 is 8.39. The van der Waals surface area contributed by atoms with Crippen LogP contribution in [0.4, 0.5) is 0 Å². The Kier molecular flexibility index (Phi) is 4.93. The third kappa shape index (κ3) is 3.33. The van der Waals surface area contributed by atoms with Crippen LogP contribution in [0.3, 0.4) is 0 Å². The number of hydrogen-bond acceptors (Lipinski definition) is 3. The largest absolute Gasteiger partial charge is 0.390 e. The minimum absolute atomic E-state index is 0.506. The minimum Gasteiger partial charge on any atom is -0.390 e. The minimum atomic E-state index is -0.870. The normalized spacial score (nSPS) is 14.3. The van der Waals surface area contributed by atoms with Gasteiger partial charge in [0.2, 0.25) is 0 Å². The summed E-state index contributed by atoms with van der Waals surface area (Å²) in [6, 6.07) is 7.32. The molecule has 0 saturated heterocycles. The molecule has 102 valence electrons. The second-order valence-electron chi connectivity index (χ2n) is 4.22. The van der Waals surface area contributed by atoms with Crippen molar-refractivity contribution in [3.8, 4) is 5.69 Å². The molecule has 0 aliphatic rings. The maximum Gasteiger partial charge on any atom is 0.181 e. The Bertz CT molecular complexity index is 579. The lowest BCUT2D eigenvalue weighted by Gasteiger charge is -2.17. The molecule has 4 nitrogen and oxygen atoms in total. The van der Waals surface area contributed by atoms with Gasteiger partial charge in [0.1, 0.15) is 6.10 Å². The van der Waals surface area contributed by atoms with E-state index in [1.165, 1.54) is 0 Å². The lowest BCUT2D eigenvalue weighted by molar-refractivity contribution is 0.0173. The molecule has 3 N–H and O–H groups in total. The first-order valence-electron chi connectivity index (χ1n) is 5.92. The van der Waals surface area contributed by atoms with E-state index in [2.05, 4.69) is 20.9 Å². The fourth-order valence-electron chi connectivity index (χ4n) is 1.85. The van der Waals surface area contributed by atoms with Gasteiger partial charge in [-0.2, -0.15) is 0 Å². The summed E-state index contributed by atoms with van der Waals surface area (Å²) in [5.74, 6) is 0. The van der Waals surface area contributed by atoms with Crippen molar-refractivity contribution in [2.45, 2.75) is 18.6 Å². The number of halogens is 1. The molecule has 1 aromatic carbocycles. The van der Waals surface area contributed by atoms with Crippen molar-refractivity contribution in [2.24, 2.45) is 0 Å². The number of aromatic amines is 1. The van der Waals surface area contributed by atoms with E-state index in [4.69, 9.17) is 12.2 Å². The van der Waals surface area contributed by atoms with E-state index in [1.54, 1.807) is 18.3 Å². The van der Waals surface area contributed by atoms with Crippen molar-refractivity contribution >= 4 is 28.1 Å². The molecule has 6 heteroatoms. The fourth-order valence-corrected chi connectivity index (χ4v) is 2.55. The molecule has 19 heavy (non-hydrogen) atoms. The first kappa shape index (κ1) is 14.5. The van der Waals surface area contributed by atoms with Crippen molar-refractivity contribution in [3.63, 3.8) is 0 Å². The lowest BCUT2D eigenvalue weighted by atomic mass is 10.0. The molecular weight excluding hydrogens is 328 g/mol. The predicted octanol–water partition coefficient (Wildman–Crippen LogP) is 2.71. The van der Waals surface area contributed by atoms with Gasteiger partial charge in [-0.15, -0.1) is 0 Å². The molecule has 1 heterocycles. The summed E-state index contributed by atoms with van der Waals surface area (Å²) < 4.78 is 2.45. The summed E-state index contributed by atoms with van der Waals surface area (Å²) in [7, 11) is 0. The quantitative estimate of drug-likeness (QED) is 0.578. The van der Waals surface area contributed by atoms with Crippen LogP contribution in [0.2, 0.25) is 0 Å². The van der Waals surface area contributed by atoms with Gasteiger partial charge < -0.3 is 15.2 Å². The number of H-pyrrole nitrogens is 1. The number of aliphatic hydroxyl groups excluding tert-OH is 2. The van der Waals surface area contributed by atoms with E-state index < -0.39 is 12.2 Å². The Labute approximate surface area is 124 Å². The standard InChI is InChI=1S/C13H15BrN2O2S/c14-6-5-11(17)12(18)9-1-3-10(4-2-9)16-8-7-15-13(16)19/h1-4,7-8,11-12,17-18H,5-6H2,(H,15,19). The van der Waals surface area contributed by atoms with Crippen LogP contribution in [0.5, 0.6) is 0 Å². The Balaban J connectivity index is 2.19. The third-order valence-corrected chi connectivity index (χ3v) is 3.70. The number of alkyl halides is 1. The highest BCUT2D eigenvalue weighted by atomic mass is 79.9. The van der Waals surface area contributed by atoms with Gasteiger partial charge in [-0.25, -0.2) is 0 Å². The molecule has 2 aromatic rings. The van der Waals surface area contributed by atoms with E-state index in [-0.39, 0.29) is 0 Å². The van der Waals surface area contributed by atoms with Gasteiger partial charge in [-0.05, 0) is 36.3 Å². The van der Waals surface area contributed by atoms with E-state index in [1.807, 2.05) is 22.9 Å². The first-order valence-corrected chi connectivity index (χ1v) is 7.45. The van der Waals surface area contributed by atoms with E-state index in [0.717, 1.165) is 5.69 Å². The van der Waals surface area contributed by atoms with Crippen molar-refractivity contribution in [3.05, 3.63) is 47.0 Å². The molecule has 0 saturated carbocycles. The van der Waals surface area contributed by atoms with Crippen LogP contribution in [-0.2, 0) is 0 Å². The highest BCUT2D eigenvalue weighted by Crippen LogP contribution is 2.21. The van der Waals surface area contributed by atoms with Crippen LogP contribution in [0, 0.1) is 4.77 Å². The zero-order chi connectivity index (χ0) is 13.8. The second kappa shape index (κ2) is 6.47. The average molecular weight is 343 g/mol. The van der Waals surface area contributed by atoms with E-state index in [0.29, 0.717) is 22.1 Å². The summed E-state index contributed by atoms with van der Waals surface area (Å²) in [6.07, 6.45) is 2.48. The highest BCUT2D eigenvalue weighted by Gasteiger charge is 2.17. The van der Waals surface area contributed by atoms with Gasteiger partial charge in [0.25, 0.3) is 0 Å². The zero-order valence-electron chi connectivity index (χ0n) is 10.2. The van der Waals surface area contributed by atoms with Crippen LogP contribution < -0.4 is 0 Å². The average Bonchev–Trinajstić information content (AvgIpc) is 2.84. The van der Waals surface area contributed by atoms with Gasteiger partial charge in [0.05, 0.1) is 6.10 Å². The van der Waals surface area contributed by atoms with E-state index >= 15 is 0 Å². The molecule has 0 amide bonds. The molecule has 2 atom stereocenters. The Morgan fingerprint density at radius 3 is 2.47 bits per heavy atom. The molecule has 0 fully saturated rings. The number of rotatable bonds is 5. The second-order valence-corrected chi connectivity index (χ2v) is 5.40. The maximum absolute atomic E-state index is 9.99. The number of aliphatic hydroxyl groups is 2. The number of hydrogen-bond donors (Lipinski definition) is 3. The number of nitrogens with one attached hydrogen (secondary N) is 1. The third-order valence-electron chi connectivity index (χ3n) is 2.93. The van der Waals surface area contributed by atoms with Crippen LogP contribution in [0.1, 0.15) is 18.1 Å². The maximum atomic E-state index is 9.99. The molecule has 0 aliphatic heterocycles. The van der Waals surface area contributed by atoms with Crippen molar-refractivity contribution < 1.29 is 10.2 Å². The zero-order valence-corrected chi connectivity index (χ0v) is 12.6. The van der Waals surface area contributed by atoms with Gasteiger partial charge in [-0.3, -0.25) is 4.57 Å². The SMILES string of the molecule is OC(CCBr)C(O)c1ccc(-n2cc[nH]c2=S)cc1. The monoisotopic (exact) mass is 342 g/mol. The topological polar surface area (TPSA) is 61.2 Å². The molecule has 0 spiro atoms. The number of benzene rings is 1. The molecule has 2 rings (SSSR count). The van der Waals surface area contributed by atoms with Gasteiger partial charge in [0.15, 0.2) is 4.77 Å². The van der Waals surface area contributed by atoms with Crippen molar-refractivity contribution in [1.82, 2.24) is 9.55 Å². The number of nitrogens with zero attached hydrogens (tertiary/aromatic N) is 1. The summed E-state index contributed by atoms with van der Waals surface area (Å²) in [4.78, 5) is 2.92. The Morgan fingerprint density at radius 2 is 1.95 bits per heavy atom. The van der Waals surface area contributed by atoms with Gasteiger partial charge >= 0.3 is 0 Å². The van der Waals surface area contributed by atoms with Crippen LogP contribution in [-0.4, -0.2) is 31.2 Å². The van der Waals surface area contributed by atoms with Crippen LogP contribution in [0.25, 0.3) is 5.69 Å². The molecule has 0 aliphatic carbocycles. The molecule has 0 bridgehead atoms.